The van der Waals surface area contributed by atoms with E-state index in [0.717, 1.165) is 38.2 Å². The summed E-state index contributed by atoms with van der Waals surface area (Å²) < 4.78 is 0. The Kier molecular flexibility index (Phi) is 4.54. The second-order valence-electron chi connectivity index (χ2n) is 5.03. The van der Waals surface area contributed by atoms with Crippen molar-refractivity contribution in [2.24, 2.45) is 5.41 Å². The predicted octanol–water partition coefficient (Wildman–Crippen LogP) is 3.15. The third-order valence-electron chi connectivity index (χ3n) is 3.85. The van der Waals surface area contributed by atoms with Crippen molar-refractivity contribution in [3.8, 4) is 0 Å². The summed E-state index contributed by atoms with van der Waals surface area (Å²) >= 11 is 1.28. The Bertz CT molecular complexity index is 530. The maximum Gasteiger partial charge on any atom is 0.328 e. The minimum Gasteiger partial charge on any atom is -0.478 e. The van der Waals surface area contributed by atoms with Crippen LogP contribution in [-0.2, 0) is 9.59 Å². The highest BCUT2D eigenvalue weighted by molar-refractivity contribution is 7.16. The number of aliphatic carboxylic acids is 1. The van der Waals surface area contributed by atoms with E-state index >= 15 is 0 Å². The van der Waals surface area contributed by atoms with E-state index in [-0.39, 0.29) is 11.3 Å². The van der Waals surface area contributed by atoms with Gasteiger partial charge in [0, 0.05) is 22.6 Å². The van der Waals surface area contributed by atoms with Gasteiger partial charge >= 0.3 is 5.97 Å². The number of amides is 1. The topological polar surface area (TPSA) is 79.3 Å². The van der Waals surface area contributed by atoms with Crippen molar-refractivity contribution in [3.63, 3.8) is 0 Å². The van der Waals surface area contributed by atoms with Crippen LogP contribution in [0.1, 0.15) is 43.9 Å². The third-order valence-corrected chi connectivity index (χ3v) is 4.73. The molecule has 0 aromatic carbocycles. The van der Waals surface area contributed by atoms with Gasteiger partial charge in [0.05, 0.1) is 0 Å². The first-order chi connectivity index (χ1) is 9.55. The molecule has 1 aliphatic carbocycles. The van der Waals surface area contributed by atoms with E-state index in [0.29, 0.717) is 10.0 Å². The van der Waals surface area contributed by atoms with E-state index in [1.165, 1.54) is 17.4 Å². The fraction of sp³-hybridized carbons (Fsp3) is 0.500. The molecule has 0 atom stereocenters. The molecule has 1 aromatic heterocycles. The molecule has 2 N–H and O–H groups in total. The van der Waals surface area contributed by atoms with Crippen molar-refractivity contribution < 1.29 is 14.7 Å². The van der Waals surface area contributed by atoms with Crippen molar-refractivity contribution in [3.05, 3.63) is 17.2 Å². The SMILES string of the molecule is CCC1(C(=O)Nc2ncc(/C=C/C(=O)O)s2)CCCC1. The van der Waals surface area contributed by atoms with Crippen LogP contribution in [0.2, 0.25) is 0 Å². The van der Waals surface area contributed by atoms with Gasteiger partial charge in [0.25, 0.3) is 0 Å². The van der Waals surface area contributed by atoms with Crippen molar-refractivity contribution in [2.75, 3.05) is 5.32 Å². The summed E-state index contributed by atoms with van der Waals surface area (Å²) in [5, 5.41) is 12.0. The Morgan fingerprint density at radius 2 is 2.20 bits per heavy atom. The highest BCUT2D eigenvalue weighted by atomic mass is 32.1. The van der Waals surface area contributed by atoms with Gasteiger partial charge in [0.2, 0.25) is 5.91 Å². The molecule has 0 spiro atoms. The maximum atomic E-state index is 12.4. The average molecular weight is 294 g/mol. The van der Waals surface area contributed by atoms with Crippen LogP contribution in [0.25, 0.3) is 6.08 Å². The predicted molar refractivity (Wildman–Crippen MR) is 78.6 cm³/mol. The van der Waals surface area contributed by atoms with Crippen LogP contribution in [-0.4, -0.2) is 22.0 Å². The molecule has 0 aliphatic heterocycles. The molecule has 0 bridgehead atoms. The van der Waals surface area contributed by atoms with E-state index < -0.39 is 5.97 Å². The number of hydrogen-bond donors (Lipinski definition) is 2. The van der Waals surface area contributed by atoms with Crippen LogP contribution in [0.15, 0.2) is 12.3 Å². The zero-order valence-corrected chi connectivity index (χ0v) is 12.2. The summed E-state index contributed by atoms with van der Waals surface area (Å²) in [6.07, 6.45) is 9.02. The van der Waals surface area contributed by atoms with Gasteiger partial charge in [-0.2, -0.15) is 0 Å². The molecule has 2 rings (SSSR count). The number of carbonyl (C=O) groups excluding carboxylic acids is 1. The van der Waals surface area contributed by atoms with Gasteiger partial charge in [-0.15, -0.1) is 0 Å². The minimum absolute atomic E-state index is 0.0422. The van der Waals surface area contributed by atoms with Crippen LogP contribution in [0.3, 0.4) is 0 Å². The van der Waals surface area contributed by atoms with E-state index in [4.69, 9.17) is 5.11 Å². The highest BCUT2D eigenvalue weighted by Gasteiger charge is 2.39. The lowest BCUT2D eigenvalue weighted by atomic mass is 9.82. The number of carboxylic acid groups (broad SMARTS) is 1. The molecular weight excluding hydrogens is 276 g/mol. The number of nitrogens with zero attached hydrogens (tertiary/aromatic N) is 1. The second-order valence-corrected chi connectivity index (χ2v) is 6.10. The monoisotopic (exact) mass is 294 g/mol. The highest BCUT2D eigenvalue weighted by Crippen LogP contribution is 2.42. The number of nitrogens with one attached hydrogen (secondary N) is 1. The Balaban J connectivity index is 2.03. The Morgan fingerprint density at radius 1 is 1.50 bits per heavy atom. The zero-order chi connectivity index (χ0) is 14.6. The molecule has 1 heterocycles. The fourth-order valence-corrected chi connectivity index (χ4v) is 3.31. The number of carboxylic acids is 1. The van der Waals surface area contributed by atoms with Gasteiger partial charge < -0.3 is 10.4 Å². The summed E-state index contributed by atoms with van der Waals surface area (Å²) in [7, 11) is 0. The number of thiazole rings is 1. The number of carbonyl (C=O) groups is 2. The molecule has 0 unspecified atom stereocenters. The summed E-state index contributed by atoms with van der Waals surface area (Å²) in [5.74, 6) is -0.958. The zero-order valence-electron chi connectivity index (χ0n) is 11.4. The molecule has 0 radical (unpaired) electrons. The van der Waals surface area contributed by atoms with E-state index in [2.05, 4.69) is 10.3 Å². The standard InChI is InChI=1S/C14H18N2O3S/c1-2-14(7-3-4-8-14)12(19)16-13-15-9-10(20-13)5-6-11(17)18/h5-6,9H,2-4,7-8H2,1H3,(H,17,18)(H,15,16,19)/b6-5+. The second kappa shape index (κ2) is 6.17. The number of hydrogen-bond acceptors (Lipinski definition) is 4. The van der Waals surface area contributed by atoms with Crippen LogP contribution in [0.4, 0.5) is 5.13 Å². The number of anilines is 1. The first-order valence-corrected chi connectivity index (χ1v) is 7.56. The molecular formula is C14H18N2O3S. The van der Waals surface area contributed by atoms with Gasteiger partial charge in [-0.25, -0.2) is 9.78 Å². The largest absolute Gasteiger partial charge is 0.478 e. The Hall–Kier alpha value is -1.69. The lowest BCUT2D eigenvalue weighted by Gasteiger charge is -2.25. The summed E-state index contributed by atoms with van der Waals surface area (Å²) in [6.45, 7) is 2.05. The van der Waals surface area contributed by atoms with Gasteiger partial charge in [0.1, 0.15) is 0 Å². The van der Waals surface area contributed by atoms with E-state index in [1.807, 2.05) is 6.92 Å². The lowest BCUT2D eigenvalue weighted by molar-refractivity contribution is -0.131. The summed E-state index contributed by atoms with van der Waals surface area (Å²) in [4.78, 5) is 27.6. The molecule has 0 saturated heterocycles. The average Bonchev–Trinajstić information content (AvgIpc) is 3.05. The Morgan fingerprint density at radius 3 is 2.80 bits per heavy atom. The smallest absolute Gasteiger partial charge is 0.328 e. The molecule has 1 saturated carbocycles. The van der Waals surface area contributed by atoms with Crippen LogP contribution in [0.5, 0.6) is 0 Å². The van der Waals surface area contributed by atoms with E-state index in [1.54, 1.807) is 6.20 Å². The van der Waals surface area contributed by atoms with Gasteiger partial charge in [0.15, 0.2) is 5.13 Å². The summed E-state index contributed by atoms with van der Waals surface area (Å²) in [5.41, 5.74) is -0.247. The van der Waals surface area contributed by atoms with Crippen molar-refractivity contribution >= 4 is 34.4 Å². The number of aromatic nitrogens is 1. The summed E-state index contributed by atoms with van der Waals surface area (Å²) in [6, 6.07) is 0. The Labute approximate surface area is 121 Å². The molecule has 6 heteroatoms. The van der Waals surface area contributed by atoms with Crippen molar-refractivity contribution in [1.82, 2.24) is 4.98 Å². The van der Waals surface area contributed by atoms with Gasteiger partial charge in [-0.05, 0) is 25.3 Å². The van der Waals surface area contributed by atoms with Crippen LogP contribution in [0, 0.1) is 5.41 Å². The molecule has 5 nitrogen and oxygen atoms in total. The molecule has 1 fully saturated rings. The van der Waals surface area contributed by atoms with Crippen LogP contribution < -0.4 is 5.32 Å². The molecule has 108 valence electrons. The number of rotatable bonds is 5. The first-order valence-electron chi connectivity index (χ1n) is 6.74. The van der Waals surface area contributed by atoms with Crippen LogP contribution >= 0.6 is 11.3 Å². The molecule has 20 heavy (non-hydrogen) atoms. The first kappa shape index (κ1) is 14.7. The van der Waals surface area contributed by atoms with Crippen molar-refractivity contribution in [2.45, 2.75) is 39.0 Å². The lowest BCUT2D eigenvalue weighted by Crippen LogP contribution is -2.33. The van der Waals surface area contributed by atoms with Gasteiger partial charge in [-0.3, -0.25) is 4.79 Å². The van der Waals surface area contributed by atoms with Crippen molar-refractivity contribution in [1.29, 1.82) is 0 Å². The normalized spacial score (nSPS) is 17.4. The maximum absolute atomic E-state index is 12.4. The molecule has 1 aliphatic rings. The molecule has 1 aromatic rings. The van der Waals surface area contributed by atoms with E-state index in [9.17, 15) is 9.59 Å². The fourth-order valence-electron chi connectivity index (χ4n) is 2.60. The van der Waals surface area contributed by atoms with Gasteiger partial charge in [-0.1, -0.05) is 31.1 Å². The molecule has 1 amide bonds. The minimum atomic E-state index is -1.00. The quantitative estimate of drug-likeness (QED) is 0.818. The third kappa shape index (κ3) is 3.25.